The first-order valence-corrected chi connectivity index (χ1v) is 11.1. The van der Waals surface area contributed by atoms with Crippen LogP contribution in [0.15, 0.2) is 59.6 Å². The summed E-state index contributed by atoms with van der Waals surface area (Å²) in [6, 6.07) is 16.1. The van der Waals surface area contributed by atoms with Gasteiger partial charge in [-0.1, -0.05) is 41.9 Å². The van der Waals surface area contributed by atoms with E-state index in [2.05, 4.69) is 4.99 Å². The molecule has 31 heavy (non-hydrogen) atoms. The van der Waals surface area contributed by atoms with E-state index >= 15 is 0 Å². The summed E-state index contributed by atoms with van der Waals surface area (Å²) in [4.78, 5) is 32.6. The van der Waals surface area contributed by atoms with Crippen molar-refractivity contribution in [2.24, 2.45) is 4.99 Å². The molecule has 1 saturated heterocycles. The van der Waals surface area contributed by atoms with Crippen LogP contribution in [-0.2, 0) is 11.3 Å². The fourth-order valence-electron chi connectivity index (χ4n) is 3.45. The maximum absolute atomic E-state index is 13.0. The second kappa shape index (κ2) is 9.11. The van der Waals surface area contributed by atoms with Crippen molar-refractivity contribution in [3.8, 4) is 5.75 Å². The van der Waals surface area contributed by atoms with E-state index in [0.717, 1.165) is 16.2 Å². The number of thioether (sulfide) groups is 1. The van der Waals surface area contributed by atoms with Crippen molar-refractivity contribution >= 4 is 46.3 Å². The number of aliphatic imine (C=N–C) groups is 1. The smallest absolute Gasteiger partial charge is 0.358 e. The minimum Gasteiger partial charge on any atom is -0.493 e. The maximum Gasteiger partial charge on any atom is 0.358 e. The summed E-state index contributed by atoms with van der Waals surface area (Å²) >= 11 is 7.52. The van der Waals surface area contributed by atoms with Gasteiger partial charge in [-0.25, -0.2) is 9.37 Å². The molecule has 0 spiro atoms. The van der Waals surface area contributed by atoms with Gasteiger partial charge >= 0.3 is 11.2 Å². The van der Waals surface area contributed by atoms with Crippen LogP contribution in [0.4, 0.5) is 4.79 Å². The summed E-state index contributed by atoms with van der Waals surface area (Å²) < 4.78 is 7.71. The highest BCUT2D eigenvalue weighted by molar-refractivity contribution is 8.13. The van der Waals surface area contributed by atoms with Crippen molar-refractivity contribution < 1.29 is 18.9 Å². The second-order valence-electron chi connectivity index (χ2n) is 7.16. The molecule has 0 aliphatic carbocycles. The van der Waals surface area contributed by atoms with E-state index in [9.17, 15) is 9.59 Å². The average molecular weight is 458 g/mol. The first kappa shape index (κ1) is 21.4. The first-order chi connectivity index (χ1) is 15.0. The zero-order chi connectivity index (χ0) is 22.0. The number of rotatable bonds is 6. The highest BCUT2D eigenvalue weighted by atomic mass is 35.5. The molecule has 0 saturated carbocycles. The van der Waals surface area contributed by atoms with Gasteiger partial charge in [0.1, 0.15) is 12.3 Å². The molecule has 7 nitrogen and oxygen atoms in total. The minimum absolute atomic E-state index is 0.285. The third-order valence-corrected chi connectivity index (χ3v) is 6.29. The lowest BCUT2D eigenvalue weighted by Crippen LogP contribution is -2.61. The number of likely N-dealkylation sites (N-methyl/N-ethyl adjacent to an activating group) is 2. The number of benzene rings is 2. The molecule has 160 valence electrons. The number of carbonyl (C=O) groups is 2. The minimum atomic E-state index is -0.638. The van der Waals surface area contributed by atoms with Gasteiger partial charge in [0.05, 0.1) is 6.61 Å². The molecule has 2 aliphatic rings. The molecule has 2 aromatic carbocycles. The summed E-state index contributed by atoms with van der Waals surface area (Å²) in [5, 5.41) is 1.34. The standard InChI is InChI=1S/C22H22ClN4O3S/c1-25-19-18(20(28)26(2)22(25)29)27(14-15-8-10-16(23)11-9-15)21(24-19)31-13-12-30-17-6-4-3-5-7-17/h3-11,18H,12-14H2,1-2H3/q+1. The van der Waals surface area contributed by atoms with Gasteiger partial charge in [0.15, 0.2) is 0 Å². The van der Waals surface area contributed by atoms with Crippen LogP contribution in [0.5, 0.6) is 5.75 Å². The molecule has 4 rings (SSSR count). The molecular formula is C22H22ClN4O3S+. The zero-order valence-electron chi connectivity index (χ0n) is 17.2. The Morgan fingerprint density at radius 2 is 1.77 bits per heavy atom. The second-order valence-corrected chi connectivity index (χ2v) is 8.66. The first-order valence-electron chi connectivity index (χ1n) is 9.78. The monoisotopic (exact) mass is 457 g/mol. The van der Waals surface area contributed by atoms with E-state index < -0.39 is 6.04 Å². The zero-order valence-corrected chi connectivity index (χ0v) is 18.8. The van der Waals surface area contributed by atoms with Gasteiger partial charge in [-0.05, 0) is 46.6 Å². The van der Waals surface area contributed by atoms with E-state index in [-0.39, 0.29) is 11.9 Å². The maximum atomic E-state index is 13.0. The Morgan fingerprint density at radius 3 is 2.48 bits per heavy atom. The highest BCUT2D eigenvalue weighted by Gasteiger charge is 2.53. The van der Waals surface area contributed by atoms with E-state index in [1.807, 2.05) is 59.2 Å². The molecule has 2 heterocycles. The normalized spacial score (nSPS) is 18.4. The Kier molecular flexibility index (Phi) is 6.29. The van der Waals surface area contributed by atoms with Crippen LogP contribution < -0.4 is 4.74 Å². The molecule has 0 aromatic heterocycles. The summed E-state index contributed by atoms with van der Waals surface area (Å²) in [5.74, 6) is 1.62. The molecule has 9 heteroatoms. The van der Waals surface area contributed by atoms with E-state index in [0.29, 0.717) is 34.9 Å². The summed E-state index contributed by atoms with van der Waals surface area (Å²) in [6.07, 6.45) is 0. The van der Waals surface area contributed by atoms with Gasteiger partial charge in [-0.2, -0.15) is 0 Å². The molecule has 0 bridgehead atoms. The van der Waals surface area contributed by atoms with Crippen LogP contribution >= 0.6 is 23.4 Å². The van der Waals surface area contributed by atoms with Gasteiger partial charge in [0.2, 0.25) is 0 Å². The third kappa shape index (κ3) is 4.45. The Bertz CT molecular complexity index is 1060. The van der Waals surface area contributed by atoms with Crippen molar-refractivity contribution in [1.82, 2.24) is 9.80 Å². The number of urea groups is 1. The van der Waals surface area contributed by atoms with Crippen LogP contribution in [0.2, 0.25) is 5.02 Å². The summed E-state index contributed by atoms with van der Waals surface area (Å²) in [6.45, 7) is 0.962. The molecule has 0 radical (unpaired) electrons. The summed E-state index contributed by atoms with van der Waals surface area (Å²) in [5.41, 5.74) is 0.995. The Morgan fingerprint density at radius 1 is 1.06 bits per heavy atom. The number of amidine groups is 2. The predicted molar refractivity (Wildman–Crippen MR) is 122 cm³/mol. The van der Waals surface area contributed by atoms with Gasteiger partial charge in [-0.3, -0.25) is 14.6 Å². The SMILES string of the molecule is CN1C(=O)C2C(=NC(SCCOc3ccccc3)=[N+]2Cc2ccc(Cl)cc2)N(C)C1=O. The van der Waals surface area contributed by atoms with Crippen LogP contribution in [0, 0.1) is 0 Å². The van der Waals surface area contributed by atoms with Gasteiger partial charge < -0.3 is 4.74 Å². The number of nitrogens with zero attached hydrogens (tertiary/aromatic N) is 4. The number of ether oxygens (including phenoxy) is 1. The van der Waals surface area contributed by atoms with E-state index in [1.165, 1.54) is 23.7 Å². The van der Waals surface area contributed by atoms with Gasteiger partial charge in [0.25, 0.3) is 17.8 Å². The number of para-hydroxylation sites is 1. The molecule has 2 aromatic rings. The fourth-order valence-corrected chi connectivity index (χ4v) is 4.41. The topological polar surface area (TPSA) is 65.2 Å². The van der Waals surface area contributed by atoms with Crippen LogP contribution in [-0.4, -0.2) is 69.8 Å². The lowest BCUT2D eigenvalue weighted by Gasteiger charge is -2.30. The largest absolute Gasteiger partial charge is 0.493 e. The Labute approximate surface area is 190 Å². The summed E-state index contributed by atoms with van der Waals surface area (Å²) in [7, 11) is 3.14. The van der Waals surface area contributed by atoms with Crippen molar-refractivity contribution in [3.63, 3.8) is 0 Å². The predicted octanol–water partition coefficient (Wildman–Crippen LogP) is 3.33. The number of hydrogen-bond acceptors (Lipinski definition) is 5. The molecule has 1 fully saturated rings. The quantitative estimate of drug-likeness (QED) is 0.493. The number of fused-ring (bicyclic) bond motifs is 1. The van der Waals surface area contributed by atoms with E-state index in [1.54, 1.807) is 7.05 Å². The lowest BCUT2D eigenvalue weighted by atomic mass is 10.1. The molecule has 0 N–H and O–H groups in total. The van der Waals surface area contributed by atoms with E-state index in [4.69, 9.17) is 16.3 Å². The average Bonchev–Trinajstić information content (AvgIpc) is 3.14. The van der Waals surface area contributed by atoms with Crippen molar-refractivity contribution in [3.05, 3.63) is 65.2 Å². The number of halogens is 1. The third-order valence-electron chi connectivity index (χ3n) is 5.09. The van der Waals surface area contributed by atoms with Crippen LogP contribution in [0.25, 0.3) is 0 Å². The number of hydrogen-bond donors (Lipinski definition) is 0. The number of carbonyl (C=O) groups excluding carboxylic acids is 2. The van der Waals surface area contributed by atoms with Gasteiger partial charge in [-0.15, -0.1) is 0 Å². The fraction of sp³-hybridized carbons (Fsp3) is 0.273. The van der Waals surface area contributed by atoms with Gasteiger partial charge in [0, 0.05) is 24.9 Å². The molecular weight excluding hydrogens is 436 g/mol. The molecule has 3 amide bonds. The Balaban J connectivity index is 1.56. The van der Waals surface area contributed by atoms with Crippen molar-refractivity contribution in [2.45, 2.75) is 12.6 Å². The van der Waals surface area contributed by atoms with Crippen molar-refractivity contribution in [1.29, 1.82) is 0 Å². The Hall–Kier alpha value is -2.84. The molecule has 1 atom stereocenters. The molecule has 1 unspecified atom stereocenters. The lowest BCUT2D eigenvalue weighted by molar-refractivity contribution is -0.548. The van der Waals surface area contributed by atoms with Crippen LogP contribution in [0.1, 0.15) is 5.56 Å². The van der Waals surface area contributed by atoms with Crippen LogP contribution in [0.3, 0.4) is 0 Å². The number of amides is 3. The van der Waals surface area contributed by atoms with Crippen molar-refractivity contribution in [2.75, 3.05) is 26.5 Å². The highest BCUT2D eigenvalue weighted by Crippen LogP contribution is 2.25. The number of imide groups is 1. The molecule has 2 aliphatic heterocycles.